The van der Waals surface area contributed by atoms with Crippen LogP contribution in [0.2, 0.25) is 0 Å². The van der Waals surface area contributed by atoms with Crippen LogP contribution in [0.4, 0.5) is 0 Å². The highest BCUT2D eigenvalue weighted by atomic mass is 14.4. The van der Waals surface area contributed by atoms with Gasteiger partial charge in [-0.2, -0.15) is 0 Å². The van der Waals surface area contributed by atoms with Crippen molar-refractivity contribution in [2.24, 2.45) is 0 Å². The molecule has 0 amide bonds. The van der Waals surface area contributed by atoms with Crippen molar-refractivity contribution in [3.05, 3.63) is 138 Å². The van der Waals surface area contributed by atoms with E-state index in [-0.39, 0.29) is 5.41 Å². The van der Waals surface area contributed by atoms with Gasteiger partial charge in [-0.3, -0.25) is 0 Å². The number of hydrogen-bond donors (Lipinski definition) is 0. The molecule has 0 N–H and O–H groups in total. The minimum Gasteiger partial charge on any atom is -0.0830 e. The molecule has 5 aromatic carbocycles. The van der Waals surface area contributed by atoms with Crippen molar-refractivity contribution in [1.29, 1.82) is 0 Å². The van der Waals surface area contributed by atoms with E-state index >= 15 is 0 Å². The molecule has 0 fully saturated rings. The number of hydrogen-bond acceptors (Lipinski definition) is 0. The summed E-state index contributed by atoms with van der Waals surface area (Å²) in [5.74, 6) is 0. The normalized spacial score (nSPS) is 19.2. The Kier molecular flexibility index (Phi) is 3.63. The van der Waals surface area contributed by atoms with Crippen molar-refractivity contribution in [2.45, 2.75) is 11.8 Å². The third kappa shape index (κ3) is 2.22. The predicted octanol–water partition coefficient (Wildman–Crippen LogP) is 8.35. The number of fused-ring (bicyclic) bond motifs is 10. The van der Waals surface area contributed by atoms with E-state index in [1.54, 1.807) is 0 Å². The highest BCUT2D eigenvalue weighted by Gasteiger charge is 2.42. The fourth-order valence-electron chi connectivity index (χ4n) is 6.05. The van der Waals surface area contributed by atoms with Crippen LogP contribution in [0.25, 0.3) is 38.4 Å². The first kappa shape index (κ1) is 17.7. The Morgan fingerprint density at radius 3 is 2.22 bits per heavy atom. The maximum atomic E-state index is 2.35. The van der Waals surface area contributed by atoms with Crippen molar-refractivity contribution in [1.82, 2.24) is 0 Å². The van der Waals surface area contributed by atoms with Gasteiger partial charge >= 0.3 is 0 Å². The number of rotatable bonds is 1. The van der Waals surface area contributed by atoms with Crippen LogP contribution in [-0.4, -0.2) is 0 Å². The summed E-state index contributed by atoms with van der Waals surface area (Å²) in [6.07, 6.45) is 12.5. The lowest BCUT2D eigenvalue weighted by atomic mass is 9.60. The molecule has 1 unspecified atom stereocenters. The predicted molar refractivity (Wildman–Crippen MR) is 137 cm³/mol. The largest absolute Gasteiger partial charge is 0.0830 e. The van der Waals surface area contributed by atoms with E-state index in [1.807, 2.05) is 0 Å². The van der Waals surface area contributed by atoms with Gasteiger partial charge in [0.25, 0.3) is 0 Å². The van der Waals surface area contributed by atoms with Gasteiger partial charge in [0.15, 0.2) is 0 Å². The van der Waals surface area contributed by atoms with E-state index in [0.29, 0.717) is 0 Å². The van der Waals surface area contributed by atoms with Crippen molar-refractivity contribution in [3.63, 3.8) is 0 Å². The summed E-state index contributed by atoms with van der Waals surface area (Å²) in [5.41, 5.74) is 5.37. The average Bonchev–Trinajstić information content (AvgIpc) is 2.88. The molecule has 5 aromatic rings. The van der Waals surface area contributed by atoms with Crippen LogP contribution >= 0.6 is 0 Å². The molecule has 0 saturated heterocycles. The molecule has 7 rings (SSSR count). The Balaban J connectivity index is 1.79. The first-order valence-electron chi connectivity index (χ1n) is 11.4. The van der Waals surface area contributed by atoms with Crippen molar-refractivity contribution in [3.8, 4) is 0 Å². The second kappa shape index (κ2) is 6.55. The molecule has 0 nitrogen and oxygen atoms in total. The summed E-state index contributed by atoms with van der Waals surface area (Å²) in [7, 11) is 0. The second-order valence-corrected chi connectivity index (χ2v) is 8.90. The second-order valence-electron chi connectivity index (χ2n) is 8.90. The minimum absolute atomic E-state index is 0.188. The van der Waals surface area contributed by atoms with Crippen molar-refractivity contribution >= 4 is 38.4 Å². The molecule has 0 radical (unpaired) electrons. The van der Waals surface area contributed by atoms with Crippen LogP contribution in [0.15, 0.2) is 121 Å². The molecule has 0 saturated carbocycles. The molecule has 2 aliphatic rings. The SMILES string of the molecule is C1=CCC2(c3ccccc3)C(=C1)C=Cc1c2c2c3ccccc3ccc2c2ccccc12. The van der Waals surface area contributed by atoms with Gasteiger partial charge in [0.1, 0.15) is 0 Å². The zero-order valence-corrected chi connectivity index (χ0v) is 17.8. The fourth-order valence-corrected chi connectivity index (χ4v) is 6.05. The van der Waals surface area contributed by atoms with Crippen LogP contribution in [0.5, 0.6) is 0 Å². The Bertz CT molecular complexity index is 1630. The van der Waals surface area contributed by atoms with Gasteiger partial charge in [0.2, 0.25) is 0 Å². The summed E-state index contributed by atoms with van der Waals surface area (Å²) in [5, 5.41) is 8.05. The highest BCUT2D eigenvalue weighted by molar-refractivity contribution is 6.22. The van der Waals surface area contributed by atoms with Gasteiger partial charge in [-0.05, 0) is 61.0 Å². The van der Waals surface area contributed by atoms with E-state index in [1.165, 1.54) is 54.6 Å². The van der Waals surface area contributed by atoms with Crippen molar-refractivity contribution < 1.29 is 0 Å². The van der Waals surface area contributed by atoms with Crippen LogP contribution in [0.3, 0.4) is 0 Å². The lowest BCUT2D eigenvalue weighted by molar-refractivity contribution is 0.621. The van der Waals surface area contributed by atoms with Crippen LogP contribution in [-0.2, 0) is 5.41 Å². The van der Waals surface area contributed by atoms with Gasteiger partial charge < -0.3 is 0 Å². The van der Waals surface area contributed by atoms with Gasteiger partial charge in [0, 0.05) is 5.41 Å². The Labute approximate surface area is 187 Å². The molecule has 0 aromatic heterocycles. The highest BCUT2D eigenvalue weighted by Crippen LogP contribution is 2.54. The summed E-state index contributed by atoms with van der Waals surface area (Å²) in [6, 6.07) is 33.5. The van der Waals surface area contributed by atoms with Gasteiger partial charge in [0.05, 0.1) is 0 Å². The van der Waals surface area contributed by atoms with Gasteiger partial charge in [-0.15, -0.1) is 0 Å². The van der Waals surface area contributed by atoms with Crippen LogP contribution < -0.4 is 0 Å². The molecule has 0 spiro atoms. The Morgan fingerprint density at radius 1 is 0.594 bits per heavy atom. The monoisotopic (exact) mass is 406 g/mol. The van der Waals surface area contributed by atoms with E-state index < -0.39 is 0 Å². The molecule has 0 heteroatoms. The van der Waals surface area contributed by atoms with Gasteiger partial charge in [-0.25, -0.2) is 0 Å². The fraction of sp³-hybridized carbons (Fsp3) is 0.0625. The average molecular weight is 407 g/mol. The van der Waals surface area contributed by atoms with Crippen LogP contribution in [0, 0.1) is 0 Å². The number of benzene rings is 5. The molecule has 150 valence electrons. The zero-order valence-electron chi connectivity index (χ0n) is 17.8. The van der Waals surface area contributed by atoms with E-state index in [9.17, 15) is 0 Å². The first-order chi connectivity index (χ1) is 15.9. The maximum absolute atomic E-state index is 2.35. The maximum Gasteiger partial charge on any atom is 0.0498 e. The molecule has 2 aliphatic carbocycles. The number of allylic oxidation sites excluding steroid dienone is 5. The third-order valence-electron chi connectivity index (χ3n) is 7.41. The Hall–Kier alpha value is -3.90. The summed E-state index contributed by atoms with van der Waals surface area (Å²) < 4.78 is 0. The van der Waals surface area contributed by atoms with Crippen molar-refractivity contribution in [2.75, 3.05) is 0 Å². The third-order valence-corrected chi connectivity index (χ3v) is 7.41. The smallest absolute Gasteiger partial charge is 0.0498 e. The molecular formula is C32H22. The van der Waals surface area contributed by atoms with E-state index in [0.717, 1.165) is 6.42 Å². The molecule has 0 bridgehead atoms. The lowest BCUT2D eigenvalue weighted by Gasteiger charge is -2.42. The lowest BCUT2D eigenvalue weighted by Crippen LogP contribution is -2.33. The summed E-state index contributed by atoms with van der Waals surface area (Å²) >= 11 is 0. The summed E-state index contributed by atoms with van der Waals surface area (Å²) in [6.45, 7) is 0. The molecular weight excluding hydrogens is 384 g/mol. The van der Waals surface area contributed by atoms with Crippen LogP contribution in [0.1, 0.15) is 23.1 Å². The Morgan fingerprint density at radius 2 is 1.34 bits per heavy atom. The molecule has 32 heavy (non-hydrogen) atoms. The quantitative estimate of drug-likeness (QED) is 0.245. The van der Waals surface area contributed by atoms with Gasteiger partial charge in [-0.1, -0.05) is 121 Å². The molecule has 0 heterocycles. The molecule has 1 atom stereocenters. The topological polar surface area (TPSA) is 0 Å². The van der Waals surface area contributed by atoms with E-state index in [4.69, 9.17) is 0 Å². The molecule has 0 aliphatic heterocycles. The first-order valence-corrected chi connectivity index (χ1v) is 11.4. The minimum atomic E-state index is -0.188. The standard InChI is InChI=1S/C32H22/c1-2-11-23(12-3-1)32-21-9-8-13-24(32)18-20-29-27-16-7-6-15-26(27)28-19-17-22-10-4-5-14-25(22)30(28)31(29)32/h1-20H,21H2. The van der Waals surface area contributed by atoms with E-state index in [2.05, 4.69) is 121 Å². The summed E-state index contributed by atoms with van der Waals surface area (Å²) in [4.78, 5) is 0. The zero-order chi connectivity index (χ0) is 21.1.